The highest BCUT2D eigenvalue weighted by Gasteiger charge is 2.54. The number of halogens is 1. The van der Waals surface area contributed by atoms with Gasteiger partial charge in [-0.3, -0.25) is 4.90 Å². The molecule has 178 valence electrons. The number of likely N-dealkylation sites (tertiary alicyclic amines) is 2. The first kappa shape index (κ1) is 24.8. The van der Waals surface area contributed by atoms with Crippen LogP contribution >= 0.6 is 11.6 Å². The smallest absolute Gasteiger partial charge is 0.328 e. The fourth-order valence-corrected chi connectivity index (χ4v) is 5.49. The normalized spacial score (nSPS) is 21.5. The Bertz CT molecular complexity index is 788. The molecular weight excluding hydrogens is 426 g/mol. The second-order valence-electron chi connectivity index (χ2n) is 10.3. The second-order valence-corrected chi connectivity index (χ2v) is 10.7. The minimum atomic E-state index is -0.601. The summed E-state index contributed by atoms with van der Waals surface area (Å²) in [6, 6.07) is 7.82. The van der Waals surface area contributed by atoms with Crippen LogP contribution in [-0.2, 0) is 9.53 Å². The van der Waals surface area contributed by atoms with Gasteiger partial charge in [0.15, 0.2) is 0 Å². The molecule has 2 amide bonds. The average Bonchev–Trinajstić information content (AvgIpc) is 2.73. The summed E-state index contributed by atoms with van der Waals surface area (Å²) in [7, 11) is 1.36. The topological polar surface area (TPSA) is 61.9 Å². The average molecular weight is 464 g/mol. The summed E-state index contributed by atoms with van der Waals surface area (Å²) in [6.45, 7) is 12.1. The molecule has 1 aromatic rings. The Morgan fingerprint density at radius 3 is 2.28 bits per heavy atom. The van der Waals surface area contributed by atoms with Crippen molar-refractivity contribution >= 4 is 23.6 Å². The highest BCUT2D eigenvalue weighted by Crippen LogP contribution is 2.55. The molecule has 6 nitrogen and oxygen atoms in total. The van der Waals surface area contributed by atoms with Crippen LogP contribution in [0.3, 0.4) is 0 Å². The largest absolute Gasteiger partial charge is 0.467 e. The van der Waals surface area contributed by atoms with E-state index in [0.29, 0.717) is 31.5 Å². The van der Waals surface area contributed by atoms with Gasteiger partial charge in [0.2, 0.25) is 0 Å². The lowest BCUT2D eigenvalue weighted by atomic mass is 9.63. The van der Waals surface area contributed by atoms with Gasteiger partial charge in [-0.15, -0.1) is 0 Å². The molecule has 0 saturated carbocycles. The first-order chi connectivity index (χ1) is 15.1. The summed E-state index contributed by atoms with van der Waals surface area (Å²) in [4.78, 5) is 29.4. The number of carbonyl (C=O) groups excluding carboxylic acids is 2. The highest BCUT2D eigenvalue weighted by atomic mass is 35.5. The van der Waals surface area contributed by atoms with Gasteiger partial charge in [-0.25, -0.2) is 9.59 Å². The van der Waals surface area contributed by atoms with Crippen LogP contribution in [0.2, 0.25) is 5.02 Å². The lowest BCUT2D eigenvalue weighted by Gasteiger charge is -2.61. The monoisotopic (exact) mass is 463 g/mol. The third kappa shape index (κ3) is 5.57. The molecule has 0 bridgehead atoms. The molecule has 2 atom stereocenters. The second kappa shape index (κ2) is 10.4. The van der Waals surface area contributed by atoms with E-state index < -0.39 is 6.04 Å². The predicted molar refractivity (Wildman–Crippen MR) is 128 cm³/mol. The number of amides is 2. The number of hydrogen-bond acceptors (Lipinski definition) is 4. The number of hydrogen-bond donors (Lipinski definition) is 1. The van der Waals surface area contributed by atoms with Crippen molar-refractivity contribution in [2.24, 2.45) is 17.3 Å². The molecule has 1 unspecified atom stereocenters. The molecular formula is C25H38ClN3O3. The summed E-state index contributed by atoms with van der Waals surface area (Å²) in [5.74, 6) is 0.502. The van der Waals surface area contributed by atoms with Crippen LogP contribution in [0, 0.1) is 17.3 Å². The van der Waals surface area contributed by atoms with Gasteiger partial charge in [-0.1, -0.05) is 51.4 Å². The van der Waals surface area contributed by atoms with Crippen LogP contribution in [0.5, 0.6) is 0 Å². The van der Waals surface area contributed by atoms with E-state index in [-0.39, 0.29) is 23.3 Å². The van der Waals surface area contributed by atoms with Crippen molar-refractivity contribution in [2.75, 3.05) is 33.3 Å². The zero-order valence-corrected chi connectivity index (χ0v) is 20.8. The van der Waals surface area contributed by atoms with E-state index in [2.05, 4.69) is 36.2 Å². The molecule has 2 saturated heterocycles. The van der Waals surface area contributed by atoms with E-state index >= 15 is 0 Å². The van der Waals surface area contributed by atoms with Crippen LogP contribution in [0.25, 0.3) is 0 Å². The van der Waals surface area contributed by atoms with Gasteiger partial charge in [-0.2, -0.15) is 0 Å². The highest BCUT2D eigenvalue weighted by molar-refractivity contribution is 6.30. The van der Waals surface area contributed by atoms with Crippen molar-refractivity contribution < 1.29 is 14.3 Å². The van der Waals surface area contributed by atoms with E-state index in [9.17, 15) is 9.59 Å². The zero-order valence-electron chi connectivity index (χ0n) is 20.1. The fraction of sp³-hybridized carbons (Fsp3) is 0.680. The van der Waals surface area contributed by atoms with Gasteiger partial charge in [0, 0.05) is 42.7 Å². The van der Waals surface area contributed by atoms with Crippen LogP contribution in [0.15, 0.2) is 24.3 Å². The van der Waals surface area contributed by atoms with Crippen LogP contribution < -0.4 is 5.32 Å². The van der Waals surface area contributed by atoms with Crippen molar-refractivity contribution in [1.29, 1.82) is 0 Å². The number of nitrogens with one attached hydrogen (secondary N) is 1. The number of nitrogens with zero attached hydrogens (tertiary/aromatic N) is 2. The van der Waals surface area contributed by atoms with Crippen molar-refractivity contribution in [3.8, 4) is 0 Å². The minimum absolute atomic E-state index is 0.169. The molecule has 32 heavy (non-hydrogen) atoms. The minimum Gasteiger partial charge on any atom is -0.467 e. The standard InChI is InChI=1S/C25H38ClN3O3/c1-17(2)14-21(23(30)32-5)27-24(31)28-12-10-25(11-13-28)16-29(15-18(3)4)22(25)19-6-8-20(26)9-7-19/h6-9,17-18,21-22H,10-16H2,1-5H3,(H,27,31)/t21-,22?/m0/s1. The molecule has 0 aromatic heterocycles. The van der Waals surface area contributed by atoms with Gasteiger partial charge in [0.05, 0.1) is 7.11 Å². The van der Waals surface area contributed by atoms with Gasteiger partial charge < -0.3 is 15.0 Å². The van der Waals surface area contributed by atoms with E-state index in [0.717, 1.165) is 31.0 Å². The Kier molecular flexibility index (Phi) is 8.10. The van der Waals surface area contributed by atoms with Gasteiger partial charge in [0.25, 0.3) is 0 Å². The molecule has 7 heteroatoms. The molecule has 3 rings (SSSR count). The maximum absolute atomic E-state index is 12.9. The number of rotatable bonds is 7. The zero-order chi connectivity index (χ0) is 23.5. The lowest BCUT2D eigenvalue weighted by molar-refractivity contribution is -0.143. The van der Waals surface area contributed by atoms with E-state index in [1.807, 2.05) is 30.9 Å². The number of ether oxygens (including phenoxy) is 1. The van der Waals surface area contributed by atoms with Crippen molar-refractivity contribution in [3.05, 3.63) is 34.9 Å². The molecule has 2 fully saturated rings. The van der Waals surface area contributed by atoms with E-state index in [4.69, 9.17) is 16.3 Å². The number of methoxy groups -OCH3 is 1. The summed E-state index contributed by atoms with van der Waals surface area (Å²) >= 11 is 6.14. The van der Waals surface area contributed by atoms with E-state index in [1.54, 1.807) is 0 Å². The molecule has 1 spiro atoms. The number of esters is 1. The third-order valence-electron chi connectivity index (χ3n) is 6.79. The summed E-state index contributed by atoms with van der Waals surface area (Å²) < 4.78 is 4.89. The number of piperidine rings is 1. The molecule has 2 aliphatic rings. The maximum atomic E-state index is 12.9. The molecule has 1 N–H and O–H groups in total. The Hall–Kier alpha value is -1.79. The van der Waals surface area contributed by atoms with Gasteiger partial charge in [-0.05, 0) is 48.8 Å². The fourth-order valence-electron chi connectivity index (χ4n) is 5.36. The first-order valence-electron chi connectivity index (χ1n) is 11.8. The summed E-state index contributed by atoms with van der Waals surface area (Å²) in [5.41, 5.74) is 1.49. The third-order valence-corrected chi connectivity index (χ3v) is 7.04. The van der Waals surface area contributed by atoms with Crippen molar-refractivity contribution in [2.45, 2.75) is 59.0 Å². The van der Waals surface area contributed by atoms with Crippen molar-refractivity contribution in [1.82, 2.24) is 15.1 Å². The Labute approximate surface area is 197 Å². The van der Waals surface area contributed by atoms with Crippen LogP contribution in [-0.4, -0.2) is 61.1 Å². The molecule has 1 aromatic carbocycles. The Morgan fingerprint density at radius 1 is 1.12 bits per heavy atom. The Balaban J connectivity index is 1.66. The number of benzene rings is 1. The number of carbonyl (C=O) groups is 2. The van der Waals surface area contributed by atoms with E-state index in [1.165, 1.54) is 12.7 Å². The summed E-state index contributed by atoms with van der Waals surface area (Å²) in [5, 5.41) is 3.66. The Morgan fingerprint density at radius 2 is 1.75 bits per heavy atom. The molecule has 0 radical (unpaired) electrons. The molecule has 2 aliphatic heterocycles. The maximum Gasteiger partial charge on any atom is 0.328 e. The quantitative estimate of drug-likeness (QED) is 0.593. The van der Waals surface area contributed by atoms with Crippen molar-refractivity contribution in [3.63, 3.8) is 0 Å². The SMILES string of the molecule is COC(=O)[C@H](CC(C)C)NC(=O)N1CCC2(CC1)CN(CC(C)C)C2c1ccc(Cl)cc1. The molecule has 2 heterocycles. The predicted octanol–water partition coefficient (Wildman–Crippen LogP) is 4.73. The van der Waals surface area contributed by atoms with Gasteiger partial charge >= 0.3 is 12.0 Å². The van der Waals surface area contributed by atoms with Crippen LogP contribution in [0.1, 0.15) is 58.6 Å². The lowest BCUT2D eigenvalue weighted by Crippen LogP contribution is -2.63. The first-order valence-corrected chi connectivity index (χ1v) is 12.2. The van der Waals surface area contributed by atoms with Gasteiger partial charge in [0.1, 0.15) is 6.04 Å². The number of urea groups is 1. The summed E-state index contributed by atoms with van der Waals surface area (Å²) in [6.07, 6.45) is 2.48. The molecule has 0 aliphatic carbocycles. The van der Waals surface area contributed by atoms with Crippen LogP contribution in [0.4, 0.5) is 4.79 Å².